The van der Waals surface area contributed by atoms with E-state index >= 15 is 0 Å². The fraction of sp³-hybridized carbons (Fsp3) is 0.286. The fourth-order valence-electron chi connectivity index (χ4n) is 3.59. The molecule has 0 radical (unpaired) electrons. The van der Waals surface area contributed by atoms with Crippen molar-refractivity contribution in [2.45, 2.75) is 25.7 Å². The van der Waals surface area contributed by atoms with E-state index < -0.39 is 0 Å². The number of aryl methyl sites for hydroxylation is 1. The molecular formula is C21H21ClN2O2. The van der Waals surface area contributed by atoms with E-state index in [1.165, 1.54) is 24.1 Å². The van der Waals surface area contributed by atoms with Gasteiger partial charge in [-0.05, 0) is 61.6 Å². The standard InChI is InChI=1S/C21H21ClN2O2/c1-25-14-8-10-20(26-2)19(12-14)24-21-15-5-3-4-6-17(15)23-18-9-7-13(22)11-16(18)21/h7-12H,3-6H2,1-2H3,(H,23,24). The molecule has 0 amide bonds. The average molecular weight is 369 g/mol. The smallest absolute Gasteiger partial charge is 0.142 e. The molecule has 0 unspecified atom stereocenters. The monoisotopic (exact) mass is 368 g/mol. The minimum absolute atomic E-state index is 0.704. The Morgan fingerprint density at radius 3 is 2.65 bits per heavy atom. The number of benzene rings is 2. The van der Waals surface area contributed by atoms with Crippen LogP contribution in [0.5, 0.6) is 11.5 Å². The van der Waals surface area contributed by atoms with Crippen LogP contribution in [0.15, 0.2) is 36.4 Å². The van der Waals surface area contributed by atoms with E-state index in [4.69, 9.17) is 26.1 Å². The Balaban J connectivity index is 1.92. The molecule has 1 aliphatic carbocycles. The van der Waals surface area contributed by atoms with Crippen molar-refractivity contribution in [1.29, 1.82) is 0 Å². The van der Waals surface area contributed by atoms with Crippen molar-refractivity contribution < 1.29 is 9.47 Å². The van der Waals surface area contributed by atoms with E-state index in [9.17, 15) is 0 Å². The molecule has 1 N–H and O–H groups in total. The van der Waals surface area contributed by atoms with Crippen LogP contribution in [0.3, 0.4) is 0 Å². The highest BCUT2D eigenvalue weighted by molar-refractivity contribution is 6.31. The molecule has 1 aromatic heterocycles. The van der Waals surface area contributed by atoms with Crippen molar-refractivity contribution in [1.82, 2.24) is 4.98 Å². The number of nitrogens with one attached hydrogen (secondary N) is 1. The molecule has 4 rings (SSSR count). The molecule has 3 aromatic rings. The Morgan fingerprint density at radius 2 is 1.85 bits per heavy atom. The lowest BCUT2D eigenvalue weighted by Gasteiger charge is -2.22. The van der Waals surface area contributed by atoms with Crippen LogP contribution in [0.1, 0.15) is 24.1 Å². The van der Waals surface area contributed by atoms with Gasteiger partial charge >= 0.3 is 0 Å². The molecule has 4 nitrogen and oxygen atoms in total. The molecule has 0 bridgehead atoms. The highest BCUT2D eigenvalue weighted by atomic mass is 35.5. The summed E-state index contributed by atoms with van der Waals surface area (Å²) in [5.41, 5.74) is 5.34. The second kappa shape index (κ2) is 7.04. The number of aromatic nitrogens is 1. The summed E-state index contributed by atoms with van der Waals surface area (Å²) >= 11 is 6.28. The summed E-state index contributed by atoms with van der Waals surface area (Å²) in [4.78, 5) is 4.88. The molecule has 134 valence electrons. The molecule has 5 heteroatoms. The van der Waals surface area contributed by atoms with Gasteiger partial charge in [0, 0.05) is 22.2 Å². The van der Waals surface area contributed by atoms with Gasteiger partial charge in [-0.15, -0.1) is 0 Å². The summed E-state index contributed by atoms with van der Waals surface area (Å²) < 4.78 is 10.9. The zero-order chi connectivity index (χ0) is 18.1. The maximum Gasteiger partial charge on any atom is 0.142 e. The number of nitrogens with zero attached hydrogens (tertiary/aromatic N) is 1. The van der Waals surface area contributed by atoms with Crippen molar-refractivity contribution in [3.05, 3.63) is 52.7 Å². The topological polar surface area (TPSA) is 43.4 Å². The fourth-order valence-corrected chi connectivity index (χ4v) is 3.76. The van der Waals surface area contributed by atoms with Gasteiger partial charge in [0.05, 0.1) is 31.1 Å². The number of halogens is 1. The lowest BCUT2D eigenvalue weighted by Crippen LogP contribution is -2.10. The van der Waals surface area contributed by atoms with Gasteiger partial charge in [-0.25, -0.2) is 0 Å². The number of ether oxygens (including phenoxy) is 2. The van der Waals surface area contributed by atoms with E-state index in [0.29, 0.717) is 5.02 Å². The Bertz CT molecular complexity index is 972. The third kappa shape index (κ3) is 3.06. The van der Waals surface area contributed by atoms with E-state index in [2.05, 4.69) is 5.32 Å². The minimum atomic E-state index is 0.704. The Hall–Kier alpha value is -2.46. The Kier molecular flexibility index (Phi) is 4.60. The van der Waals surface area contributed by atoms with Gasteiger partial charge in [-0.3, -0.25) is 4.98 Å². The highest BCUT2D eigenvalue weighted by Crippen LogP contribution is 2.39. The summed E-state index contributed by atoms with van der Waals surface area (Å²) in [6.07, 6.45) is 4.38. The van der Waals surface area contributed by atoms with Gasteiger partial charge in [0.1, 0.15) is 11.5 Å². The summed E-state index contributed by atoms with van der Waals surface area (Å²) in [6.45, 7) is 0. The molecule has 0 fully saturated rings. The number of hydrogen-bond acceptors (Lipinski definition) is 4. The number of fused-ring (bicyclic) bond motifs is 2. The van der Waals surface area contributed by atoms with Crippen molar-refractivity contribution in [3.63, 3.8) is 0 Å². The third-order valence-corrected chi connectivity index (χ3v) is 5.13. The number of anilines is 2. The first-order valence-electron chi connectivity index (χ1n) is 8.79. The molecule has 2 aromatic carbocycles. The highest BCUT2D eigenvalue weighted by Gasteiger charge is 2.19. The van der Waals surface area contributed by atoms with Crippen molar-refractivity contribution in [2.24, 2.45) is 0 Å². The predicted octanol–water partition coefficient (Wildman–Crippen LogP) is 5.53. The van der Waals surface area contributed by atoms with E-state index in [-0.39, 0.29) is 0 Å². The van der Waals surface area contributed by atoms with Crippen LogP contribution < -0.4 is 14.8 Å². The second-order valence-corrected chi connectivity index (χ2v) is 6.91. The Morgan fingerprint density at radius 1 is 1.00 bits per heavy atom. The first-order chi connectivity index (χ1) is 12.7. The third-order valence-electron chi connectivity index (χ3n) is 4.89. The van der Waals surface area contributed by atoms with Crippen LogP contribution in [0.4, 0.5) is 11.4 Å². The largest absolute Gasteiger partial charge is 0.497 e. The van der Waals surface area contributed by atoms with Gasteiger partial charge in [-0.1, -0.05) is 11.6 Å². The summed E-state index contributed by atoms with van der Waals surface area (Å²) in [5, 5.41) is 5.33. The van der Waals surface area contributed by atoms with Crippen molar-refractivity contribution in [2.75, 3.05) is 19.5 Å². The Labute approximate surface area is 158 Å². The lowest BCUT2D eigenvalue weighted by molar-refractivity contribution is 0.405. The van der Waals surface area contributed by atoms with Crippen molar-refractivity contribution >= 4 is 33.9 Å². The van der Waals surface area contributed by atoms with Gasteiger partial charge in [0.2, 0.25) is 0 Å². The first-order valence-corrected chi connectivity index (χ1v) is 9.17. The van der Waals surface area contributed by atoms with Gasteiger partial charge in [-0.2, -0.15) is 0 Å². The number of pyridine rings is 1. The molecule has 0 spiro atoms. The van der Waals surface area contributed by atoms with Crippen LogP contribution in [-0.4, -0.2) is 19.2 Å². The van der Waals surface area contributed by atoms with Crippen LogP contribution in [0.2, 0.25) is 5.02 Å². The lowest BCUT2D eigenvalue weighted by atomic mass is 9.92. The number of rotatable bonds is 4. The number of hydrogen-bond donors (Lipinski definition) is 1. The van der Waals surface area contributed by atoms with Gasteiger partial charge in [0.25, 0.3) is 0 Å². The average Bonchev–Trinajstić information content (AvgIpc) is 2.68. The van der Waals surface area contributed by atoms with E-state index in [1.54, 1.807) is 14.2 Å². The van der Waals surface area contributed by atoms with Gasteiger partial charge < -0.3 is 14.8 Å². The van der Waals surface area contributed by atoms with E-state index in [1.807, 2.05) is 36.4 Å². The minimum Gasteiger partial charge on any atom is -0.497 e. The zero-order valence-electron chi connectivity index (χ0n) is 14.9. The molecular weight excluding hydrogens is 348 g/mol. The maximum absolute atomic E-state index is 6.28. The van der Waals surface area contributed by atoms with Crippen LogP contribution in [-0.2, 0) is 12.8 Å². The summed E-state index contributed by atoms with van der Waals surface area (Å²) in [7, 11) is 3.33. The zero-order valence-corrected chi connectivity index (χ0v) is 15.7. The maximum atomic E-state index is 6.28. The molecule has 0 saturated carbocycles. The molecule has 0 saturated heterocycles. The first kappa shape index (κ1) is 17.0. The number of methoxy groups -OCH3 is 2. The predicted molar refractivity (Wildman–Crippen MR) is 106 cm³/mol. The van der Waals surface area contributed by atoms with Crippen LogP contribution in [0, 0.1) is 0 Å². The molecule has 1 heterocycles. The second-order valence-electron chi connectivity index (χ2n) is 6.47. The van der Waals surface area contributed by atoms with Crippen molar-refractivity contribution in [3.8, 4) is 11.5 Å². The molecule has 26 heavy (non-hydrogen) atoms. The summed E-state index contributed by atoms with van der Waals surface area (Å²) in [6, 6.07) is 11.6. The molecule has 0 aliphatic heterocycles. The van der Waals surface area contributed by atoms with Gasteiger partial charge in [0.15, 0.2) is 0 Å². The SMILES string of the molecule is COc1ccc(OC)c(Nc2c3c(nc4ccc(Cl)cc24)CCCC3)c1. The van der Waals surface area contributed by atoms with Crippen LogP contribution >= 0.6 is 11.6 Å². The molecule has 0 atom stereocenters. The summed E-state index contributed by atoms with van der Waals surface area (Å²) in [5.74, 6) is 1.54. The van der Waals surface area contributed by atoms with E-state index in [0.717, 1.165) is 46.6 Å². The molecule has 1 aliphatic rings. The normalized spacial score (nSPS) is 13.3. The quantitative estimate of drug-likeness (QED) is 0.657. The van der Waals surface area contributed by atoms with Crippen LogP contribution in [0.25, 0.3) is 10.9 Å².